The summed E-state index contributed by atoms with van der Waals surface area (Å²) in [5, 5.41) is 0. The van der Waals surface area contributed by atoms with Crippen LogP contribution < -0.4 is 0 Å². The molecule has 156 valence electrons. The van der Waals surface area contributed by atoms with Crippen LogP contribution in [0.5, 0.6) is 0 Å². The second-order valence-corrected chi connectivity index (χ2v) is 10.7. The molecule has 5 rings (SSSR count). The molecule has 5 fully saturated rings. The minimum atomic E-state index is -0.156. The number of rotatable bonds is 2. The van der Waals surface area contributed by atoms with E-state index < -0.39 is 0 Å². The number of ether oxygens (including phenoxy) is 3. The van der Waals surface area contributed by atoms with Crippen molar-refractivity contribution in [1.82, 2.24) is 0 Å². The van der Waals surface area contributed by atoms with Gasteiger partial charge in [-0.05, 0) is 69.1 Å². The molecule has 0 aromatic carbocycles. The van der Waals surface area contributed by atoms with Crippen LogP contribution in [0.15, 0.2) is 0 Å². The summed E-state index contributed by atoms with van der Waals surface area (Å²) >= 11 is 0. The Morgan fingerprint density at radius 3 is 2.36 bits per heavy atom. The van der Waals surface area contributed by atoms with Gasteiger partial charge in [0.1, 0.15) is 17.8 Å². The summed E-state index contributed by atoms with van der Waals surface area (Å²) in [7, 11) is 0. The van der Waals surface area contributed by atoms with E-state index >= 15 is 0 Å². The molecule has 9 atom stereocenters. The zero-order chi connectivity index (χ0) is 19.9. The number of esters is 2. The van der Waals surface area contributed by atoms with Crippen molar-refractivity contribution in [2.75, 3.05) is 0 Å². The monoisotopic (exact) mass is 390 g/mol. The maximum absolute atomic E-state index is 11.6. The van der Waals surface area contributed by atoms with Crippen LogP contribution in [-0.2, 0) is 23.8 Å². The average Bonchev–Trinajstić information content (AvgIpc) is 3.24. The van der Waals surface area contributed by atoms with Gasteiger partial charge < -0.3 is 14.2 Å². The lowest BCUT2D eigenvalue weighted by atomic mass is 9.44. The highest BCUT2D eigenvalue weighted by Gasteiger charge is 2.80. The van der Waals surface area contributed by atoms with E-state index in [-0.39, 0.29) is 40.6 Å². The zero-order valence-corrected chi connectivity index (χ0v) is 17.7. The standard InChI is InChI=1S/C23H34O5/c1-13(24)26-16-9-10-22(4)15(11-16)5-6-18-17-7-8-19(27-14(2)25)21(17,3)12-20-23(18,22)28-20/h15-20H,5-12H2,1-4H3/t15-,16-,17-,18-,19-,20-,21-,22-,23+/m0/s1. The van der Waals surface area contributed by atoms with Gasteiger partial charge in [-0.25, -0.2) is 0 Å². The molecule has 0 N–H and O–H groups in total. The second-order valence-electron chi connectivity index (χ2n) is 10.7. The Morgan fingerprint density at radius 2 is 1.64 bits per heavy atom. The molecule has 0 bridgehead atoms. The maximum Gasteiger partial charge on any atom is 0.302 e. The van der Waals surface area contributed by atoms with Crippen LogP contribution in [0, 0.1) is 28.6 Å². The van der Waals surface area contributed by atoms with Gasteiger partial charge in [-0.2, -0.15) is 0 Å². The molecule has 0 radical (unpaired) electrons. The third-order valence-electron chi connectivity index (χ3n) is 9.54. The first-order valence-corrected chi connectivity index (χ1v) is 11.2. The van der Waals surface area contributed by atoms with Crippen molar-refractivity contribution in [1.29, 1.82) is 0 Å². The molecule has 5 heteroatoms. The lowest BCUT2D eigenvalue weighted by Crippen LogP contribution is -2.61. The van der Waals surface area contributed by atoms with Crippen molar-refractivity contribution >= 4 is 11.9 Å². The predicted octanol–water partition coefficient (Wildman–Crippen LogP) is 4.02. The Bertz CT molecular complexity index is 705. The van der Waals surface area contributed by atoms with Crippen molar-refractivity contribution in [3.8, 4) is 0 Å². The third kappa shape index (κ3) is 2.34. The molecule has 0 aromatic heterocycles. The smallest absolute Gasteiger partial charge is 0.302 e. The maximum atomic E-state index is 11.6. The zero-order valence-electron chi connectivity index (χ0n) is 17.7. The molecule has 1 heterocycles. The van der Waals surface area contributed by atoms with Crippen LogP contribution in [0.3, 0.4) is 0 Å². The van der Waals surface area contributed by atoms with Crippen molar-refractivity contribution in [2.45, 2.75) is 103 Å². The fourth-order valence-corrected chi connectivity index (χ4v) is 8.36. The van der Waals surface area contributed by atoms with Gasteiger partial charge in [0.2, 0.25) is 0 Å². The predicted molar refractivity (Wildman–Crippen MR) is 102 cm³/mol. The third-order valence-corrected chi connectivity index (χ3v) is 9.54. The Labute approximate surface area is 167 Å². The Kier molecular flexibility index (Phi) is 4.02. The molecular weight excluding hydrogens is 356 g/mol. The topological polar surface area (TPSA) is 65.1 Å². The summed E-state index contributed by atoms with van der Waals surface area (Å²) in [5.74, 6) is 1.42. The first-order valence-electron chi connectivity index (χ1n) is 11.2. The highest BCUT2D eigenvalue weighted by atomic mass is 16.6. The van der Waals surface area contributed by atoms with Crippen molar-refractivity contribution in [3.05, 3.63) is 0 Å². The van der Waals surface area contributed by atoms with E-state index in [1.165, 1.54) is 26.7 Å². The molecule has 0 unspecified atom stereocenters. The van der Waals surface area contributed by atoms with Crippen LogP contribution in [0.2, 0.25) is 0 Å². The van der Waals surface area contributed by atoms with Gasteiger partial charge in [-0.3, -0.25) is 9.59 Å². The van der Waals surface area contributed by atoms with Gasteiger partial charge in [-0.1, -0.05) is 13.8 Å². The van der Waals surface area contributed by atoms with Gasteiger partial charge in [-0.15, -0.1) is 0 Å². The van der Waals surface area contributed by atoms with Gasteiger partial charge in [0.15, 0.2) is 0 Å². The molecule has 0 amide bonds. The van der Waals surface area contributed by atoms with Crippen molar-refractivity contribution < 1.29 is 23.8 Å². The van der Waals surface area contributed by atoms with E-state index in [2.05, 4.69) is 13.8 Å². The van der Waals surface area contributed by atoms with Crippen LogP contribution in [0.1, 0.15) is 79.1 Å². The highest BCUT2D eigenvalue weighted by Crippen LogP contribution is 2.76. The molecule has 1 aliphatic heterocycles. The molecule has 1 saturated heterocycles. The number of epoxide rings is 1. The first kappa shape index (κ1) is 18.9. The van der Waals surface area contributed by atoms with E-state index in [0.29, 0.717) is 23.9 Å². The Balaban J connectivity index is 1.40. The summed E-state index contributed by atoms with van der Waals surface area (Å²) < 4.78 is 18.0. The fourth-order valence-electron chi connectivity index (χ4n) is 8.36. The van der Waals surface area contributed by atoms with Gasteiger partial charge in [0.05, 0.1) is 6.10 Å². The molecule has 4 saturated carbocycles. The summed E-state index contributed by atoms with van der Waals surface area (Å²) in [5.41, 5.74) is 0.240. The minimum absolute atomic E-state index is 0.00635. The summed E-state index contributed by atoms with van der Waals surface area (Å²) in [6.45, 7) is 7.85. The van der Waals surface area contributed by atoms with Gasteiger partial charge >= 0.3 is 11.9 Å². The summed E-state index contributed by atoms with van der Waals surface area (Å²) in [4.78, 5) is 23.1. The summed E-state index contributed by atoms with van der Waals surface area (Å²) in [6.07, 6.45) is 8.99. The quantitative estimate of drug-likeness (QED) is 0.526. The van der Waals surface area contributed by atoms with Crippen LogP contribution in [0.25, 0.3) is 0 Å². The van der Waals surface area contributed by atoms with E-state index in [0.717, 1.165) is 38.5 Å². The summed E-state index contributed by atoms with van der Waals surface area (Å²) in [6, 6.07) is 0. The van der Waals surface area contributed by atoms with E-state index in [4.69, 9.17) is 14.2 Å². The van der Waals surface area contributed by atoms with Crippen LogP contribution in [-0.4, -0.2) is 35.9 Å². The molecule has 0 aromatic rings. The molecule has 5 aliphatic rings. The fraction of sp³-hybridized carbons (Fsp3) is 0.913. The lowest BCUT2D eigenvalue weighted by Gasteiger charge is -2.58. The first-order chi connectivity index (χ1) is 13.2. The second kappa shape index (κ2) is 5.96. The number of carbonyl (C=O) groups is 2. The normalized spacial score (nSPS) is 53.9. The minimum Gasteiger partial charge on any atom is -0.463 e. The average molecular weight is 391 g/mol. The Hall–Kier alpha value is -1.10. The molecule has 28 heavy (non-hydrogen) atoms. The van der Waals surface area contributed by atoms with E-state index in [1.54, 1.807) is 0 Å². The molecule has 1 spiro atoms. The van der Waals surface area contributed by atoms with Gasteiger partial charge in [0.25, 0.3) is 0 Å². The number of hydrogen-bond acceptors (Lipinski definition) is 5. The van der Waals surface area contributed by atoms with E-state index in [9.17, 15) is 9.59 Å². The molecular formula is C23H34O5. The van der Waals surface area contributed by atoms with Crippen molar-refractivity contribution in [3.63, 3.8) is 0 Å². The molecule has 5 nitrogen and oxygen atoms in total. The number of fused-ring (bicyclic) bond motifs is 3. The SMILES string of the molecule is CC(=O)O[C@H]1CC[C@@]2(C)[C@@H](CC[C@H]3[C@@H]4CC[C@H](OC(C)=O)[C@@]4(C)C[C@@H]4O[C@@]432)C1. The number of hydrogen-bond donors (Lipinski definition) is 0. The van der Waals surface area contributed by atoms with Crippen LogP contribution in [0.4, 0.5) is 0 Å². The largest absolute Gasteiger partial charge is 0.463 e. The lowest BCUT2D eigenvalue weighted by molar-refractivity contribution is -0.163. The highest BCUT2D eigenvalue weighted by molar-refractivity contribution is 5.66. The number of carbonyl (C=O) groups excluding carboxylic acids is 2. The Morgan fingerprint density at radius 1 is 0.929 bits per heavy atom. The van der Waals surface area contributed by atoms with Crippen molar-refractivity contribution in [2.24, 2.45) is 28.6 Å². The van der Waals surface area contributed by atoms with Gasteiger partial charge in [0, 0.05) is 24.7 Å². The van der Waals surface area contributed by atoms with E-state index in [1.807, 2.05) is 0 Å². The molecule has 4 aliphatic carbocycles. The van der Waals surface area contributed by atoms with Crippen LogP contribution >= 0.6 is 0 Å².